The normalized spacial score (nSPS) is 13.9. The van der Waals surface area contributed by atoms with Crippen LogP contribution in [-0.4, -0.2) is 35.3 Å². The smallest absolute Gasteiger partial charge is 0.338 e. The number of benzene rings is 4. The van der Waals surface area contributed by atoms with Gasteiger partial charge in [0.1, 0.15) is 19.3 Å². The van der Waals surface area contributed by atoms with Crippen molar-refractivity contribution in [2.24, 2.45) is 4.99 Å². The van der Waals surface area contributed by atoms with Gasteiger partial charge >= 0.3 is 5.97 Å². The van der Waals surface area contributed by atoms with Crippen molar-refractivity contribution < 1.29 is 33.4 Å². The number of hydrogen-bond acceptors (Lipinski definition) is 11. The van der Waals surface area contributed by atoms with Crippen LogP contribution in [0.25, 0.3) is 11.8 Å². The lowest BCUT2D eigenvalue weighted by Crippen LogP contribution is -2.35. The first-order valence-corrected chi connectivity index (χ1v) is 18.3. The summed E-state index contributed by atoms with van der Waals surface area (Å²) < 4.78 is 30.8. The number of allylic oxidation sites excluding steroid dienone is 1. The average Bonchev–Trinajstić information content (AvgIpc) is 3.49. The fourth-order valence-corrected chi connectivity index (χ4v) is 7.00. The van der Waals surface area contributed by atoms with Gasteiger partial charge in [0.15, 0.2) is 27.8 Å². The quantitative estimate of drug-likeness (QED) is 0.0644. The standard InChI is InChI=1S/C41H39N3O9S/c1-5-49-33-20-29(18-19-32(33)52-24-27-14-10-8-11-15-27)38-37(40(46)51-7-3)26(4)43-39(45)36(54-41(43)42-38)22-30-21-34(50-6-2)35(23-31(30)44(47)48)53-25-28-16-12-9-13-17-28/h8-23,38H,5-7,24-25H2,1-4H3/b36-22-/t38-/m0/s1. The third-order valence-electron chi connectivity index (χ3n) is 8.47. The van der Waals surface area contributed by atoms with Crippen molar-refractivity contribution in [3.8, 4) is 23.0 Å². The molecule has 6 rings (SSSR count). The number of carbonyl (C=O) groups excluding carboxylic acids is 1. The largest absolute Gasteiger partial charge is 0.490 e. The van der Waals surface area contributed by atoms with E-state index in [1.54, 1.807) is 39.0 Å². The van der Waals surface area contributed by atoms with Crippen molar-refractivity contribution in [3.63, 3.8) is 0 Å². The Morgan fingerprint density at radius 3 is 2.00 bits per heavy atom. The molecular weight excluding hydrogens is 711 g/mol. The summed E-state index contributed by atoms with van der Waals surface area (Å²) in [6.45, 7) is 8.28. The van der Waals surface area contributed by atoms with E-state index in [-0.39, 0.29) is 46.9 Å². The molecule has 0 spiro atoms. The Morgan fingerprint density at radius 1 is 0.815 bits per heavy atom. The third kappa shape index (κ3) is 8.21. The number of hydrogen-bond donors (Lipinski definition) is 0. The molecule has 0 unspecified atom stereocenters. The van der Waals surface area contributed by atoms with Crippen molar-refractivity contribution in [2.45, 2.75) is 47.0 Å². The average molecular weight is 750 g/mol. The topological polar surface area (TPSA) is 141 Å². The molecule has 0 radical (unpaired) electrons. The van der Waals surface area contributed by atoms with E-state index in [0.29, 0.717) is 46.5 Å². The van der Waals surface area contributed by atoms with Gasteiger partial charge in [-0.1, -0.05) is 78.1 Å². The molecule has 278 valence electrons. The van der Waals surface area contributed by atoms with E-state index in [9.17, 15) is 19.7 Å². The van der Waals surface area contributed by atoms with Crippen LogP contribution in [-0.2, 0) is 22.7 Å². The van der Waals surface area contributed by atoms with Gasteiger partial charge < -0.3 is 23.7 Å². The molecule has 0 fully saturated rings. The molecule has 0 amide bonds. The molecule has 0 saturated carbocycles. The SMILES string of the molecule is CCOC(=O)C1=C(C)n2c(s/c(=C\c3cc(OCC)c(OCc4ccccc4)cc3[N+](=O)[O-])c2=O)=N[C@H]1c1ccc(OCc2ccccc2)c(OCC)c1. The molecule has 1 aromatic heterocycles. The summed E-state index contributed by atoms with van der Waals surface area (Å²) in [6.07, 6.45) is 1.44. The molecule has 13 heteroatoms. The minimum atomic E-state index is -0.850. The summed E-state index contributed by atoms with van der Waals surface area (Å²) in [5.41, 5.74) is 2.38. The lowest BCUT2D eigenvalue weighted by molar-refractivity contribution is -0.385. The second kappa shape index (κ2) is 17.1. The van der Waals surface area contributed by atoms with Crippen LogP contribution < -0.4 is 33.8 Å². The minimum absolute atomic E-state index is 0.111. The number of nitro benzene ring substituents is 1. The van der Waals surface area contributed by atoms with Crippen LogP contribution in [0, 0.1) is 10.1 Å². The monoisotopic (exact) mass is 749 g/mol. The Hall–Kier alpha value is -6.21. The summed E-state index contributed by atoms with van der Waals surface area (Å²) in [6, 6.07) is 26.5. The molecule has 1 aliphatic heterocycles. The van der Waals surface area contributed by atoms with Crippen molar-refractivity contribution in [2.75, 3.05) is 19.8 Å². The number of nitro groups is 1. The van der Waals surface area contributed by atoms with Crippen molar-refractivity contribution in [1.29, 1.82) is 0 Å². The number of carbonyl (C=O) groups is 1. The highest BCUT2D eigenvalue weighted by molar-refractivity contribution is 7.07. The Labute approximate surface area is 315 Å². The van der Waals surface area contributed by atoms with Crippen LogP contribution >= 0.6 is 11.3 Å². The molecule has 1 atom stereocenters. The third-order valence-corrected chi connectivity index (χ3v) is 9.46. The lowest BCUT2D eigenvalue weighted by Gasteiger charge is -2.23. The van der Waals surface area contributed by atoms with Gasteiger partial charge in [-0.2, -0.15) is 0 Å². The number of ether oxygens (including phenoxy) is 5. The molecule has 0 N–H and O–H groups in total. The lowest BCUT2D eigenvalue weighted by atomic mass is 9.96. The van der Waals surface area contributed by atoms with E-state index in [1.807, 2.05) is 67.6 Å². The zero-order valence-electron chi connectivity index (χ0n) is 30.3. The molecule has 1 aliphatic rings. The highest BCUT2D eigenvalue weighted by Crippen LogP contribution is 2.38. The molecule has 2 heterocycles. The molecule has 5 aromatic rings. The Balaban J connectivity index is 1.43. The van der Waals surface area contributed by atoms with Crippen LogP contribution in [0.1, 0.15) is 56.0 Å². The minimum Gasteiger partial charge on any atom is -0.490 e. The number of thiazole rings is 1. The molecule has 0 saturated heterocycles. The number of aromatic nitrogens is 1. The zero-order valence-corrected chi connectivity index (χ0v) is 31.1. The van der Waals surface area contributed by atoms with Gasteiger partial charge in [-0.15, -0.1) is 0 Å². The van der Waals surface area contributed by atoms with Crippen molar-refractivity contribution >= 4 is 34.8 Å². The van der Waals surface area contributed by atoms with E-state index in [1.165, 1.54) is 22.8 Å². The summed E-state index contributed by atoms with van der Waals surface area (Å²) in [5, 5.41) is 12.3. The maximum Gasteiger partial charge on any atom is 0.338 e. The van der Waals surface area contributed by atoms with Crippen LogP contribution in [0.15, 0.2) is 106 Å². The fraction of sp³-hybridized carbons (Fsp3) is 0.244. The van der Waals surface area contributed by atoms with Gasteiger partial charge in [-0.3, -0.25) is 19.5 Å². The fourth-order valence-electron chi connectivity index (χ4n) is 5.97. The summed E-state index contributed by atoms with van der Waals surface area (Å²) in [4.78, 5) is 44.6. The first-order chi connectivity index (χ1) is 26.2. The number of esters is 1. The van der Waals surface area contributed by atoms with Gasteiger partial charge in [0.05, 0.1) is 46.5 Å². The predicted octanol–water partition coefficient (Wildman–Crippen LogP) is 6.77. The Kier molecular flexibility index (Phi) is 11.9. The van der Waals surface area contributed by atoms with Gasteiger partial charge in [0, 0.05) is 5.70 Å². The maximum absolute atomic E-state index is 14.0. The first kappa shape index (κ1) is 37.5. The van der Waals surface area contributed by atoms with E-state index in [4.69, 9.17) is 28.7 Å². The van der Waals surface area contributed by atoms with Crippen LogP contribution in [0.5, 0.6) is 23.0 Å². The molecule has 12 nitrogen and oxygen atoms in total. The summed E-state index contributed by atoms with van der Waals surface area (Å²) in [5.74, 6) is 0.860. The highest BCUT2D eigenvalue weighted by Gasteiger charge is 2.32. The Bertz CT molecular complexity index is 2370. The summed E-state index contributed by atoms with van der Waals surface area (Å²) in [7, 11) is 0. The summed E-state index contributed by atoms with van der Waals surface area (Å²) >= 11 is 1.05. The number of nitrogens with zero attached hydrogens (tertiary/aromatic N) is 3. The van der Waals surface area contributed by atoms with E-state index < -0.39 is 22.5 Å². The van der Waals surface area contributed by atoms with Gasteiger partial charge in [0.2, 0.25) is 0 Å². The molecule has 4 aromatic carbocycles. The zero-order chi connectivity index (χ0) is 38.2. The van der Waals surface area contributed by atoms with E-state index in [0.717, 1.165) is 22.5 Å². The molecule has 0 bridgehead atoms. The van der Waals surface area contributed by atoms with Gasteiger partial charge in [0.25, 0.3) is 11.2 Å². The van der Waals surface area contributed by atoms with Crippen LogP contribution in [0.2, 0.25) is 0 Å². The van der Waals surface area contributed by atoms with Gasteiger partial charge in [-0.25, -0.2) is 9.79 Å². The maximum atomic E-state index is 14.0. The van der Waals surface area contributed by atoms with Crippen molar-refractivity contribution in [1.82, 2.24) is 4.57 Å². The predicted molar refractivity (Wildman–Crippen MR) is 205 cm³/mol. The second-order valence-corrected chi connectivity index (χ2v) is 13.0. The van der Waals surface area contributed by atoms with Crippen LogP contribution in [0.3, 0.4) is 0 Å². The number of fused-ring (bicyclic) bond motifs is 1. The van der Waals surface area contributed by atoms with E-state index in [2.05, 4.69) is 0 Å². The number of rotatable bonds is 15. The first-order valence-electron chi connectivity index (χ1n) is 17.5. The molecular formula is C41H39N3O9S. The molecule has 54 heavy (non-hydrogen) atoms. The van der Waals surface area contributed by atoms with E-state index >= 15 is 0 Å². The van der Waals surface area contributed by atoms with Gasteiger partial charge in [-0.05, 0) is 68.7 Å². The van der Waals surface area contributed by atoms with Crippen LogP contribution in [0.4, 0.5) is 5.69 Å². The molecule has 0 aliphatic carbocycles. The highest BCUT2D eigenvalue weighted by atomic mass is 32.1. The van der Waals surface area contributed by atoms with Crippen molar-refractivity contribution in [3.05, 3.63) is 149 Å². The Morgan fingerprint density at radius 2 is 1.41 bits per heavy atom. The second-order valence-electron chi connectivity index (χ2n) is 12.0.